The van der Waals surface area contributed by atoms with E-state index in [1.807, 2.05) is 13.0 Å². The number of benzene rings is 1. The molecule has 2 fully saturated rings. The van der Waals surface area contributed by atoms with Gasteiger partial charge < -0.3 is 9.84 Å². The molecule has 5 rings (SSSR count). The molecule has 0 aliphatic heterocycles. The minimum atomic E-state index is -0.663. The topological polar surface area (TPSA) is 59.4 Å². The van der Waals surface area contributed by atoms with E-state index in [9.17, 15) is 14.3 Å². The number of Topliss-reactive ketones (excluding diaryl/α,β-unsaturated/α-hetero) is 1. The first-order valence-electron chi connectivity index (χ1n) is 10.1. The van der Waals surface area contributed by atoms with Crippen LogP contribution in [0.1, 0.15) is 37.3 Å². The van der Waals surface area contributed by atoms with Gasteiger partial charge in [-0.05, 0) is 66.8 Å². The fourth-order valence-corrected chi connectivity index (χ4v) is 5.69. The third-order valence-electron chi connectivity index (χ3n) is 6.76. The molecule has 1 aromatic heterocycles. The van der Waals surface area contributed by atoms with Crippen molar-refractivity contribution >= 4 is 23.0 Å². The highest BCUT2D eigenvalue weighted by Gasteiger charge is 2.57. The molecule has 1 N–H and O–H groups in total. The van der Waals surface area contributed by atoms with Crippen LogP contribution < -0.4 is 4.74 Å². The Hall–Kier alpha value is -2.40. The number of aliphatic hydroxyl groups excluding tert-OH is 1. The molecule has 0 radical (unpaired) electrons. The van der Waals surface area contributed by atoms with Gasteiger partial charge in [0.1, 0.15) is 11.5 Å². The lowest BCUT2D eigenvalue weighted by molar-refractivity contribution is -0.118. The summed E-state index contributed by atoms with van der Waals surface area (Å²) >= 11 is 5.75. The SMILES string of the molecule is CCc1ccc(Oc2ncc(Cl)cc2F)cc1C1=C(O)[C@H]2[C@H]3CC[C@H](C3)[C@H]2C1=O. The second-order valence-electron chi connectivity index (χ2n) is 8.22. The van der Waals surface area contributed by atoms with Crippen molar-refractivity contribution in [2.75, 3.05) is 0 Å². The average molecular weight is 414 g/mol. The standard InChI is InChI=1S/C23H21ClFNO3/c1-2-11-5-6-15(29-23-17(25)8-14(24)10-26-23)9-16(11)20-21(27)18-12-3-4-13(7-12)19(18)22(20)28/h5-6,8-10,12-13,18-19,27H,2-4,7H2,1H3/t12-,13+,18-,19+/m0/s1. The van der Waals surface area contributed by atoms with Gasteiger partial charge in [-0.1, -0.05) is 24.6 Å². The fraction of sp³-hybridized carbons (Fsp3) is 0.391. The molecule has 3 aliphatic rings. The monoisotopic (exact) mass is 413 g/mol. The van der Waals surface area contributed by atoms with Crippen LogP contribution in [0.15, 0.2) is 36.2 Å². The maximum absolute atomic E-state index is 14.1. The van der Waals surface area contributed by atoms with Crippen LogP contribution in [0, 0.1) is 29.5 Å². The fourth-order valence-electron chi connectivity index (χ4n) is 5.54. The number of aliphatic hydroxyl groups is 1. The molecule has 0 amide bonds. The highest BCUT2D eigenvalue weighted by atomic mass is 35.5. The Balaban J connectivity index is 1.54. The van der Waals surface area contributed by atoms with Crippen LogP contribution in [0.25, 0.3) is 5.57 Å². The zero-order valence-corrected chi connectivity index (χ0v) is 16.7. The number of ether oxygens (including phenoxy) is 1. The Labute approximate surface area is 173 Å². The van der Waals surface area contributed by atoms with Crippen molar-refractivity contribution in [3.63, 3.8) is 0 Å². The van der Waals surface area contributed by atoms with Gasteiger partial charge >= 0.3 is 0 Å². The first-order chi connectivity index (χ1) is 14.0. The lowest BCUT2D eigenvalue weighted by Gasteiger charge is -2.23. The molecule has 150 valence electrons. The molecule has 1 aromatic carbocycles. The number of fused-ring (bicyclic) bond motifs is 5. The maximum atomic E-state index is 14.1. The van der Waals surface area contributed by atoms with E-state index < -0.39 is 5.82 Å². The molecule has 3 aliphatic carbocycles. The molecule has 2 aromatic rings. The summed E-state index contributed by atoms with van der Waals surface area (Å²) in [5, 5.41) is 11.2. The molecular formula is C23H21ClFNO3. The number of rotatable bonds is 4. The van der Waals surface area contributed by atoms with Gasteiger partial charge in [-0.2, -0.15) is 0 Å². The molecule has 6 heteroatoms. The van der Waals surface area contributed by atoms with Gasteiger partial charge in [0.15, 0.2) is 11.6 Å². The Morgan fingerprint density at radius 1 is 1.24 bits per heavy atom. The van der Waals surface area contributed by atoms with Crippen molar-refractivity contribution in [2.45, 2.75) is 32.6 Å². The number of halogens is 2. The summed E-state index contributed by atoms with van der Waals surface area (Å²) in [7, 11) is 0. The Morgan fingerprint density at radius 3 is 2.69 bits per heavy atom. The van der Waals surface area contributed by atoms with Crippen molar-refractivity contribution in [2.24, 2.45) is 23.7 Å². The molecule has 29 heavy (non-hydrogen) atoms. The van der Waals surface area contributed by atoms with E-state index in [1.165, 1.54) is 6.20 Å². The van der Waals surface area contributed by atoms with Crippen molar-refractivity contribution in [3.05, 3.63) is 58.2 Å². The number of nitrogens with zero attached hydrogens (tertiary/aromatic N) is 1. The lowest BCUT2D eigenvalue weighted by Crippen LogP contribution is -2.24. The zero-order chi connectivity index (χ0) is 20.3. The molecule has 0 saturated heterocycles. The maximum Gasteiger partial charge on any atom is 0.255 e. The summed E-state index contributed by atoms with van der Waals surface area (Å²) < 4.78 is 19.7. The number of allylic oxidation sites excluding steroid dienone is 2. The van der Waals surface area contributed by atoms with E-state index in [0.717, 1.165) is 30.9 Å². The normalized spacial score (nSPS) is 27.6. The average Bonchev–Trinajstić information content (AvgIpc) is 3.38. The van der Waals surface area contributed by atoms with Crippen molar-refractivity contribution in [3.8, 4) is 11.6 Å². The molecule has 2 saturated carbocycles. The second kappa shape index (κ2) is 6.84. The van der Waals surface area contributed by atoms with Gasteiger partial charge in [0.25, 0.3) is 5.88 Å². The highest BCUT2D eigenvalue weighted by Crippen LogP contribution is 2.60. The van der Waals surface area contributed by atoms with Crippen molar-refractivity contribution < 1.29 is 19.0 Å². The number of hydrogen-bond acceptors (Lipinski definition) is 4. The number of pyridine rings is 1. The lowest BCUT2D eigenvalue weighted by atomic mass is 9.80. The van der Waals surface area contributed by atoms with E-state index in [-0.39, 0.29) is 34.3 Å². The summed E-state index contributed by atoms with van der Waals surface area (Å²) in [6, 6.07) is 6.42. The van der Waals surface area contributed by atoms with Gasteiger partial charge in [0, 0.05) is 18.0 Å². The van der Waals surface area contributed by atoms with Crippen LogP contribution in [0.4, 0.5) is 4.39 Å². The predicted molar refractivity (Wildman–Crippen MR) is 107 cm³/mol. The van der Waals surface area contributed by atoms with Gasteiger partial charge in [-0.25, -0.2) is 9.37 Å². The van der Waals surface area contributed by atoms with E-state index in [2.05, 4.69) is 4.98 Å². The third kappa shape index (κ3) is 2.86. The van der Waals surface area contributed by atoms with Gasteiger partial charge in [0.2, 0.25) is 0 Å². The summed E-state index contributed by atoms with van der Waals surface area (Å²) in [6.45, 7) is 2.00. The van der Waals surface area contributed by atoms with E-state index in [0.29, 0.717) is 35.1 Å². The van der Waals surface area contributed by atoms with Crippen molar-refractivity contribution in [1.29, 1.82) is 0 Å². The first-order valence-corrected chi connectivity index (χ1v) is 10.4. The second-order valence-corrected chi connectivity index (χ2v) is 8.66. The summed E-state index contributed by atoms with van der Waals surface area (Å²) in [6.07, 6.45) is 5.22. The molecule has 4 atom stereocenters. The molecule has 1 heterocycles. The van der Waals surface area contributed by atoms with Gasteiger partial charge in [-0.3, -0.25) is 4.79 Å². The summed E-state index contributed by atoms with van der Waals surface area (Å²) in [5.41, 5.74) is 2.04. The number of hydrogen-bond donors (Lipinski definition) is 1. The smallest absolute Gasteiger partial charge is 0.255 e. The summed E-state index contributed by atoms with van der Waals surface area (Å²) in [4.78, 5) is 17.2. The Morgan fingerprint density at radius 2 is 2.00 bits per heavy atom. The molecule has 2 bridgehead atoms. The molecular weight excluding hydrogens is 393 g/mol. The van der Waals surface area contributed by atoms with Crippen LogP contribution in [0.5, 0.6) is 11.6 Å². The zero-order valence-electron chi connectivity index (χ0n) is 16.0. The van der Waals surface area contributed by atoms with Gasteiger partial charge in [-0.15, -0.1) is 0 Å². The van der Waals surface area contributed by atoms with Crippen LogP contribution in [0.3, 0.4) is 0 Å². The van der Waals surface area contributed by atoms with E-state index in [1.54, 1.807) is 12.1 Å². The van der Waals surface area contributed by atoms with E-state index in [4.69, 9.17) is 16.3 Å². The minimum absolute atomic E-state index is 0.0408. The van der Waals surface area contributed by atoms with E-state index >= 15 is 0 Å². The van der Waals surface area contributed by atoms with Crippen LogP contribution in [-0.4, -0.2) is 15.9 Å². The van der Waals surface area contributed by atoms with Gasteiger partial charge in [0.05, 0.1) is 10.6 Å². The van der Waals surface area contributed by atoms with Crippen LogP contribution >= 0.6 is 11.6 Å². The largest absolute Gasteiger partial charge is 0.511 e. The number of ketones is 1. The molecule has 0 unspecified atom stereocenters. The van der Waals surface area contributed by atoms with Crippen molar-refractivity contribution in [1.82, 2.24) is 4.98 Å². The highest BCUT2D eigenvalue weighted by molar-refractivity contribution is 6.30. The predicted octanol–water partition coefficient (Wildman–Crippen LogP) is 5.74. The van der Waals surface area contributed by atoms with Crippen LogP contribution in [-0.2, 0) is 11.2 Å². The van der Waals surface area contributed by atoms with Crippen LogP contribution in [0.2, 0.25) is 5.02 Å². The number of carbonyl (C=O) groups is 1. The Kier molecular flexibility index (Phi) is 4.39. The minimum Gasteiger partial charge on any atom is -0.511 e. The molecule has 0 spiro atoms. The third-order valence-corrected chi connectivity index (χ3v) is 6.96. The Bertz CT molecular complexity index is 1050. The summed E-state index contributed by atoms with van der Waals surface area (Å²) in [5.74, 6) is 0.446. The quantitative estimate of drug-likeness (QED) is 0.694. The first kappa shape index (κ1) is 18.6. The number of aryl methyl sites for hydroxylation is 1. The molecule has 4 nitrogen and oxygen atoms in total. The number of carbonyl (C=O) groups excluding carboxylic acids is 1. The number of aromatic nitrogens is 1.